The van der Waals surface area contributed by atoms with E-state index in [0.29, 0.717) is 11.3 Å². The van der Waals surface area contributed by atoms with Gasteiger partial charge in [0, 0.05) is 36.4 Å². The molecule has 160 valence electrons. The van der Waals surface area contributed by atoms with Crippen molar-refractivity contribution < 1.29 is 14.4 Å². The van der Waals surface area contributed by atoms with Gasteiger partial charge in [-0.15, -0.1) is 0 Å². The van der Waals surface area contributed by atoms with Crippen LogP contribution in [0.2, 0.25) is 0 Å². The Kier molecular flexibility index (Phi) is 6.36. The minimum atomic E-state index is -0.477. The first-order valence-corrected chi connectivity index (χ1v) is 11.2. The van der Waals surface area contributed by atoms with Gasteiger partial charge in [0.15, 0.2) is 5.17 Å². The Hall–Kier alpha value is -3.13. The number of aliphatic imine (C=N–C) groups is 1. The Balaban J connectivity index is 1.30. The Labute approximate surface area is 185 Å². The van der Waals surface area contributed by atoms with E-state index >= 15 is 0 Å². The molecule has 2 aliphatic rings. The number of rotatable bonds is 5. The van der Waals surface area contributed by atoms with Crippen molar-refractivity contribution in [3.05, 3.63) is 59.7 Å². The summed E-state index contributed by atoms with van der Waals surface area (Å²) in [7, 11) is 0. The lowest BCUT2D eigenvalue weighted by Crippen LogP contribution is -2.25. The summed E-state index contributed by atoms with van der Waals surface area (Å²) in [5.74, 6) is -0.710. The molecule has 1 saturated heterocycles. The van der Waals surface area contributed by atoms with Crippen molar-refractivity contribution in [2.75, 3.05) is 23.7 Å². The molecule has 1 atom stereocenters. The molecular formula is C23H24N4O3S. The lowest BCUT2D eigenvalue weighted by Gasteiger charge is -2.16. The number of carbonyl (C=O) groups is 3. The fourth-order valence-corrected chi connectivity index (χ4v) is 4.66. The third-order valence-electron chi connectivity index (χ3n) is 5.30. The third-order valence-corrected chi connectivity index (χ3v) is 6.51. The van der Waals surface area contributed by atoms with Crippen LogP contribution in [-0.4, -0.2) is 46.1 Å². The summed E-state index contributed by atoms with van der Waals surface area (Å²) >= 11 is 1.38. The Bertz CT molecular complexity index is 1030. The van der Waals surface area contributed by atoms with Crippen LogP contribution >= 0.6 is 11.8 Å². The highest BCUT2D eigenvalue weighted by molar-refractivity contribution is 8.15. The molecule has 31 heavy (non-hydrogen) atoms. The predicted octanol–water partition coefficient (Wildman–Crippen LogP) is 3.67. The van der Waals surface area contributed by atoms with Gasteiger partial charge in [-0.2, -0.15) is 4.99 Å². The van der Waals surface area contributed by atoms with E-state index in [9.17, 15) is 14.4 Å². The van der Waals surface area contributed by atoms with Gasteiger partial charge in [-0.25, -0.2) is 0 Å². The summed E-state index contributed by atoms with van der Waals surface area (Å²) in [6.45, 7) is 3.77. The molecule has 0 saturated carbocycles. The van der Waals surface area contributed by atoms with E-state index in [2.05, 4.69) is 20.5 Å². The number of thioether (sulfide) groups is 1. The Morgan fingerprint density at radius 1 is 1.06 bits per heavy atom. The molecule has 4 rings (SSSR count). The van der Waals surface area contributed by atoms with E-state index in [4.69, 9.17) is 0 Å². The molecule has 0 spiro atoms. The summed E-state index contributed by atoms with van der Waals surface area (Å²) in [5, 5.41) is 5.94. The molecule has 2 aromatic rings. The molecule has 0 radical (unpaired) electrons. The van der Waals surface area contributed by atoms with Crippen molar-refractivity contribution in [1.29, 1.82) is 0 Å². The maximum absolute atomic E-state index is 12.5. The van der Waals surface area contributed by atoms with Gasteiger partial charge in [0.25, 0.3) is 11.8 Å². The van der Waals surface area contributed by atoms with Crippen LogP contribution in [0.1, 0.15) is 35.2 Å². The van der Waals surface area contributed by atoms with Crippen LogP contribution in [0.3, 0.4) is 0 Å². The molecule has 2 N–H and O–H groups in total. The van der Waals surface area contributed by atoms with Crippen LogP contribution < -0.4 is 10.6 Å². The molecule has 0 unspecified atom stereocenters. The molecule has 7 nitrogen and oxygen atoms in total. The fraction of sp³-hybridized carbons (Fsp3) is 0.304. The summed E-state index contributed by atoms with van der Waals surface area (Å²) < 4.78 is 0. The second kappa shape index (κ2) is 9.34. The van der Waals surface area contributed by atoms with E-state index in [1.54, 1.807) is 24.3 Å². The molecule has 2 aliphatic heterocycles. The number of hydrogen-bond donors (Lipinski definition) is 2. The number of aryl methyl sites for hydroxylation is 1. The third kappa shape index (κ3) is 5.14. The average molecular weight is 437 g/mol. The molecule has 2 heterocycles. The number of para-hydroxylation sites is 1. The Morgan fingerprint density at radius 3 is 2.48 bits per heavy atom. The summed E-state index contributed by atoms with van der Waals surface area (Å²) in [6, 6.07) is 14.2. The van der Waals surface area contributed by atoms with Crippen molar-refractivity contribution in [3.8, 4) is 0 Å². The lowest BCUT2D eigenvalue weighted by atomic mass is 10.1. The highest BCUT2D eigenvalue weighted by Crippen LogP contribution is 2.29. The standard InChI is InChI=1S/C23H24N4O3S/c1-15-6-2-3-7-18(15)25-21(29)16-8-10-17(11-9-16)24-20(28)14-19-22(30)26-23(31-19)27-12-4-5-13-27/h2-3,6-11,19H,4-5,12-14H2,1H3,(H,24,28)(H,25,29)/t19-/m1/s1. The number of amides is 3. The number of hydrogen-bond acceptors (Lipinski definition) is 5. The van der Waals surface area contributed by atoms with Crippen LogP contribution in [0.4, 0.5) is 11.4 Å². The number of carbonyl (C=O) groups excluding carboxylic acids is 3. The summed E-state index contributed by atoms with van der Waals surface area (Å²) in [4.78, 5) is 43.3. The second-order valence-corrected chi connectivity index (χ2v) is 8.80. The zero-order valence-corrected chi connectivity index (χ0v) is 18.1. The van der Waals surface area contributed by atoms with Crippen LogP contribution in [0.15, 0.2) is 53.5 Å². The van der Waals surface area contributed by atoms with Crippen molar-refractivity contribution in [2.24, 2.45) is 4.99 Å². The molecule has 0 bridgehead atoms. The quantitative estimate of drug-likeness (QED) is 0.746. The first-order chi connectivity index (χ1) is 15.0. The molecule has 2 aromatic carbocycles. The number of nitrogens with zero attached hydrogens (tertiary/aromatic N) is 2. The van der Waals surface area contributed by atoms with Gasteiger partial charge in [-0.1, -0.05) is 30.0 Å². The van der Waals surface area contributed by atoms with E-state index in [1.807, 2.05) is 31.2 Å². The predicted molar refractivity (Wildman–Crippen MR) is 123 cm³/mol. The molecule has 0 aromatic heterocycles. The Morgan fingerprint density at radius 2 is 1.77 bits per heavy atom. The number of amidine groups is 1. The molecule has 3 amide bonds. The maximum Gasteiger partial charge on any atom is 0.262 e. The SMILES string of the molecule is Cc1ccccc1NC(=O)c1ccc(NC(=O)C[C@H]2SC(N3CCCC3)=NC2=O)cc1. The minimum absolute atomic E-state index is 0.0693. The number of likely N-dealkylation sites (tertiary alicyclic amines) is 1. The maximum atomic E-state index is 12.5. The average Bonchev–Trinajstić information content (AvgIpc) is 3.40. The van der Waals surface area contributed by atoms with Crippen molar-refractivity contribution in [2.45, 2.75) is 31.4 Å². The zero-order valence-electron chi connectivity index (χ0n) is 17.3. The van der Waals surface area contributed by atoms with Crippen LogP contribution in [-0.2, 0) is 9.59 Å². The van der Waals surface area contributed by atoms with Crippen LogP contribution in [0, 0.1) is 6.92 Å². The normalized spacial score (nSPS) is 18.1. The van der Waals surface area contributed by atoms with Gasteiger partial charge in [0.2, 0.25) is 5.91 Å². The first-order valence-electron chi connectivity index (χ1n) is 10.3. The molecular weight excluding hydrogens is 412 g/mol. The van der Waals surface area contributed by atoms with Gasteiger partial charge >= 0.3 is 0 Å². The molecule has 0 aliphatic carbocycles. The summed E-state index contributed by atoms with van der Waals surface area (Å²) in [6.07, 6.45) is 2.29. The smallest absolute Gasteiger partial charge is 0.262 e. The van der Waals surface area contributed by atoms with Crippen molar-refractivity contribution in [3.63, 3.8) is 0 Å². The highest BCUT2D eigenvalue weighted by Gasteiger charge is 2.33. The van der Waals surface area contributed by atoms with E-state index in [1.165, 1.54) is 11.8 Å². The number of benzene rings is 2. The van der Waals surface area contributed by atoms with Gasteiger partial charge < -0.3 is 15.5 Å². The molecule has 1 fully saturated rings. The van der Waals surface area contributed by atoms with Gasteiger partial charge in [0.1, 0.15) is 5.25 Å². The number of nitrogens with one attached hydrogen (secondary N) is 2. The minimum Gasteiger partial charge on any atom is -0.351 e. The molecule has 8 heteroatoms. The topological polar surface area (TPSA) is 90.9 Å². The van der Waals surface area contributed by atoms with Gasteiger partial charge in [-0.3, -0.25) is 14.4 Å². The number of anilines is 2. The second-order valence-electron chi connectivity index (χ2n) is 7.63. The van der Waals surface area contributed by atoms with Crippen molar-refractivity contribution in [1.82, 2.24) is 4.90 Å². The fourth-order valence-electron chi connectivity index (χ4n) is 3.55. The van der Waals surface area contributed by atoms with E-state index in [-0.39, 0.29) is 24.1 Å². The zero-order chi connectivity index (χ0) is 21.8. The van der Waals surface area contributed by atoms with E-state index < -0.39 is 5.25 Å². The first kappa shape index (κ1) is 21.1. The van der Waals surface area contributed by atoms with Gasteiger partial charge in [-0.05, 0) is 55.7 Å². The van der Waals surface area contributed by atoms with Crippen LogP contribution in [0.5, 0.6) is 0 Å². The highest BCUT2D eigenvalue weighted by atomic mass is 32.2. The van der Waals surface area contributed by atoms with Crippen LogP contribution in [0.25, 0.3) is 0 Å². The largest absolute Gasteiger partial charge is 0.351 e. The monoisotopic (exact) mass is 436 g/mol. The van der Waals surface area contributed by atoms with E-state index in [0.717, 1.165) is 42.3 Å². The van der Waals surface area contributed by atoms with Gasteiger partial charge in [0.05, 0.1) is 0 Å². The lowest BCUT2D eigenvalue weighted by molar-refractivity contribution is -0.121. The van der Waals surface area contributed by atoms with Crippen molar-refractivity contribution >= 4 is 46.0 Å². The summed E-state index contributed by atoms with van der Waals surface area (Å²) in [5.41, 5.74) is 2.81.